The fourth-order valence-electron chi connectivity index (χ4n) is 1.44. The molecule has 0 fully saturated rings. The molecule has 4 heteroatoms. The van der Waals surface area contributed by atoms with E-state index in [9.17, 15) is 9.59 Å². The molecule has 0 N–H and O–H groups in total. The maximum atomic E-state index is 11.1. The Labute approximate surface area is 105 Å². The van der Waals surface area contributed by atoms with Gasteiger partial charge >= 0.3 is 0 Å². The van der Waals surface area contributed by atoms with Gasteiger partial charge in [-0.2, -0.15) is 0 Å². The molecule has 0 saturated carbocycles. The number of halogens is 2. The molecular formula is C12H12Cl2O2. The Morgan fingerprint density at radius 2 is 1.56 bits per heavy atom. The van der Waals surface area contributed by atoms with Crippen LogP contribution in [0.25, 0.3) is 0 Å². The van der Waals surface area contributed by atoms with Crippen LogP contribution in [0.15, 0.2) is 18.2 Å². The molecule has 1 aromatic rings. The van der Waals surface area contributed by atoms with Crippen LogP contribution in [0.5, 0.6) is 0 Å². The molecule has 1 aromatic carbocycles. The van der Waals surface area contributed by atoms with Crippen molar-refractivity contribution in [2.45, 2.75) is 26.2 Å². The molecule has 0 heterocycles. The van der Waals surface area contributed by atoms with Crippen LogP contribution in [0, 0.1) is 0 Å². The van der Waals surface area contributed by atoms with Gasteiger partial charge in [0, 0.05) is 11.1 Å². The summed E-state index contributed by atoms with van der Waals surface area (Å²) in [5.41, 5.74) is 1.55. The lowest BCUT2D eigenvalue weighted by atomic mass is 10.0. The standard InChI is InChI=1S/C12H12Cl2O2/c1-2-3-4-8-5-9(11(13)15)7-10(6-8)12(14)16/h5-7H,2-4H2,1H3. The Balaban J connectivity index is 3.08. The first-order chi connectivity index (χ1) is 7.54. The highest BCUT2D eigenvalue weighted by atomic mass is 35.5. The van der Waals surface area contributed by atoms with E-state index in [0.29, 0.717) is 11.1 Å². The van der Waals surface area contributed by atoms with E-state index in [1.165, 1.54) is 6.07 Å². The van der Waals surface area contributed by atoms with Gasteiger partial charge in [-0.1, -0.05) is 13.3 Å². The van der Waals surface area contributed by atoms with Gasteiger partial charge in [0.25, 0.3) is 10.5 Å². The van der Waals surface area contributed by atoms with Gasteiger partial charge in [-0.15, -0.1) is 0 Å². The molecule has 0 bridgehead atoms. The quantitative estimate of drug-likeness (QED) is 0.754. The number of rotatable bonds is 5. The van der Waals surface area contributed by atoms with Crippen molar-refractivity contribution < 1.29 is 9.59 Å². The van der Waals surface area contributed by atoms with Crippen LogP contribution in [0.2, 0.25) is 0 Å². The van der Waals surface area contributed by atoms with Gasteiger partial charge in [0.15, 0.2) is 0 Å². The molecule has 0 atom stereocenters. The van der Waals surface area contributed by atoms with E-state index in [1.807, 2.05) is 0 Å². The van der Waals surface area contributed by atoms with Crippen molar-refractivity contribution in [3.63, 3.8) is 0 Å². The summed E-state index contributed by atoms with van der Waals surface area (Å²) in [5, 5.41) is -1.14. The SMILES string of the molecule is CCCCc1cc(C(=O)Cl)cc(C(=O)Cl)c1. The lowest BCUT2D eigenvalue weighted by molar-refractivity contribution is 0.108. The van der Waals surface area contributed by atoms with E-state index >= 15 is 0 Å². The number of hydrogen-bond donors (Lipinski definition) is 0. The number of unbranched alkanes of at least 4 members (excludes halogenated alkanes) is 1. The Kier molecular flexibility index (Phi) is 4.97. The molecule has 0 radical (unpaired) electrons. The summed E-state index contributed by atoms with van der Waals surface area (Å²) in [5.74, 6) is 0. The second-order valence-electron chi connectivity index (χ2n) is 3.57. The van der Waals surface area contributed by atoms with E-state index in [2.05, 4.69) is 6.92 Å². The molecule has 0 aliphatic carbocycles. The Bertz CT molecular complexity index is 381. The summed E-state index contributed by atoms with van der Waals surface area (Å²) in [6.45, 7) is 2.07. The molecule has 86 valence electrons. The molecular weight excluding hydrogens is 247 g/mol. The van der Waals surface area contributed by atoms with E-state index in [-0.39, 0.29) is 0 Å². The zero-order chi connectivity index (χ0) is 12.1. The topological polar surface area (TPSA) is 34.1 Å². The van der Waals surface area contributed by atoms with Gasteiger partial charge in [-0.25, -0.2) is 0 Å². The Hall–Kier alpha value is -0.860. The van der Waals surface area contributed by atoms with E-state index in [0.717, 1.165) is 24.8 Å². The second kappa shape index (κ2) is 6.02. The van der Waals surface area contributed by atoms with Crippen molar-refractivity contribution in [2.24, 2.45) is 0 Å². The molecule has 16 heavy (non-hydrogen) atoms. The highest BCUT2D eigenvalue weighted by Crippen LogP contribution is 2.16. The lowest BCUT2D eigenvalue weighted by Crippen LogP contribution is -1.98. The molecule has 0 spiro atoms. The summed E-state index contributed by atoms with van der Waals surface area (Å²) >= 11 is 10.8. The highest BCUT2D eigenvalue weighted by molar-refractivity contribution is 6.69. The zero-order valence-electron chi connectivity index (χ0n) is 8.93. The van der Waals surface area contributed by atoms with Crippen molar-refractivity contribution in [3.05, 3.63) is 34.9 Å². The van der Waals surface area contributed by atoms with Crippen LogP contribution >= 0.6 is 23.2 Å². The lowest BCUT2D eigenvalue weighted by Gasteiger charge is -2.04. The van der Waals surface area contributed by atoms with Crippen LogP contribution < -0.4 is 0 Å². The van der Waals surface area contributed by atoms with Gasteiger partial charge in [0.1, 0.15) is 0 Å². The van der Waals surface area contributed by atoms with Gasteiger partial charge in [0.05, 0.1) is 0 Å². The van der Waals surface area contributed by atoms with E-state index in [4.69, 9.17) is 23.2 Å². The van der Waals surface area contributed by atoms with Gasteiger partial charge in [-0.3, -0.25) is 9.59 Å². The van der Waals surface area contributed by atoms with Crippen molar-refractivity contribution in [2.75, 3.05) is 0 Å². The van der Waals surface area contributed by atoms with Crippen LogP contribution in [0.1, 0.15) is 46.0 Å². The first-order valence-electron chi connectivity index (χ1n) is 5.08. The molecule has 0 aromatic heterocycles. The maximum Gasteiger partial charge on any atom is 0.252 e. The Morgan fingerprint density at radius 1 is 1.06 bits per heavy atom. The van der Waals surface area contributed by atoms with Gasteiger partial charge in [-0.05, 0) is 59.8 Å². The summed E-state index contributed by atoms with van der Waals surface area (Å²) in [6.07, 6.45) is 2.85. The van der Waals surface area contributed by atoms with E-state index < -0.39 is 10.5 Å². The van der Waals surface area contributed by atoms with Crippen molar-refractivity contribution in [1.82, 2.24) is 0 Å². The molecule has 0 aliphatic heterocycles. The molecule has 0 unspecified atom stereocenters. The molecule has 0 saturated heterocycles. The number of carbonyl (C=O) groups excluding carboxylic acids is 2. The highest BCUT2D eigenvalue weighted by Gasteiger charge is 2.09. The van der Waals surface area contributed by atoms with Gasteiger partial charge < -0.3 is 0 Å². The average Bonchev–Trinajstić information content (AvgIpc) is 2.25. The summed E-state index contributed by atoms with van der Waals surface area (Å²) < 4.78 is 0. The second-order valence-corrected chi connectivity index (χ2v) is 4.26. The first kappa shape index (κ1) is 13.2. The fourth-order valence-corrected chi connectivity index (χ4v) is 1.66. The Morgan fingerprint density at radius 3 is 1.94 bits per heavy atom. The van der Waals surface area contributed by atoms with Gasteiger partial charge in [0.2, 0.25) is 0 Å². The first-order valence-corrected chi connectivity index (χ1v) is 5.83. The maximum absolute atomic E-state index is 11.1. The summed E-state index contributed by atoms with van der Waals surface area (Å²) in [4.78, 5) is 22.1. The van der Waals surface area contributed by atoms with Crippen LogP contribution in [0.4, 0.5) is 0 Å². The number of benzene rings is 1. The third-order valence-corrected chi connectivity index (χ3v) is 2.70. The van der Waals surface area contributed by atoms with Crippen molar-refractivity contribution >= 4 is 33.7 Å². The molecule has 0 aliphatic rings. The smallest absolute Gasteiger partial charge is 0.252 e. The molecule has 2 nitrogen and oxygen atoms in total. The largest absolute Gasteiger partial charge is 0.276 e. The van der Waals surface area contributed by atoms with Crippen molar-refractivity contribution in [3.8, 4) is 0 Å². The number of carbonyl (C=O) groups is 2. The minimum absolute atomic E-state index is 0.319. The van der Waals surface area contributed by atoms with Crippen molar-refractivity contribution in [1.29, 1.82) is 0 Å². The normalized spacial score (nSPS) is 10.2. The predicted octanol–water partition coefficient (Wildman–Crippen LogP) is 3.79. The fraction of sp³-hybridized carbons (Fsp3) is 0.333. The third-order valence-electron chi connectivity index (χ3n) is 2.27. The zero-order valence-corrected chi connectivity index (χ0v) is 10.4. The number of aryl methyl sites for hydroxylation is 1. The van der Waals surface area contributed by atoms with Crippen LogP contribution in [0.3, 0.4) is 0 Å². The van der Waals surface area contributed by atoms with Crippen LogP contribution in [-0.4, -0.2) is 10.5 Å². The monoisotopic (exact) mass is 258 g/mol. The predicted molar refractivity (Wildman–Crippen MR) is 65.4 cm³/mol. The van der Waals surface area contributed by atoms with E-state index in [1.54, 1.807) is 12.1 Å². The minimum Gasteiger partial charge on any atom is -0.276 e. The summed E-state index contributed by atoms with van der Waals surface area (Å²) in [7, 11) is 0. The minimum atomic E-state index is -0.572. The summed E-state index contributed by atoms with van der Waals surface area (Å²) in [6, 6.07) is 4.82. The molecule has 1 rings (SSSR count). The third kappa shape index (κ3) is 3.62. The van der Waals surface area contributed by atoms with Crippen LogP contribution in [-0.2, 0) is 6.42 Å². The molecule has 0 amide bonds. The number of hydrogen-bond acceptors (Lipinski definition) is 2. The average molecular weight is 259 g/mol.